The molecular weight excluding hydrogens is 316 g/mol. The van der Waals surface area contributed by atoms with Crippen molar-refractivity contribution in [1.82, 2.24) is 4.90 Å². The van der Waals surface area contributed by atoms with Gasteiger partial charge in [0.25, 0.3) is 0 Å². The third kappa shape index (κ3) is 5.51. The van der Waals surface area contributed by atoms with Gasteiger partial charge in [0.15, 0.2) is 9.84 Å². The van der Waals surface area contributed by atoms with Crippen molar-refractivity contribution in [2.24, 2.45) is 0 Å². The summed E-state index contributed by atoms with van der Waals surface area (Å²) < 4.78 is 28.4. The van der Waals surface area contributed by atoms with Crippen LogP contribution in [-0.4, -0.2) is 51.9 Å². The topological polar surface area (TPSA) is 75.7 Å². The Hall–Kier alpha value is -1.60. The Labute approximate surface area is 137 Å². The minimum atomic E-state index is -3.22. The van der Waals surface area contributed by atoms with Crippen molar-refractivity contribution in [2.45, 2.75) is 36.7 Å². The lowest BCUT2D eigenvalue weighted by Crippen LogP contribution is -2.32. The van der Waals surface area contributed by atoms with E-state index in [4.69, 9.17) is 4.74 Å². The van der Waals surface area contributed by atoms with Gasteiger partial charge in [-0.1, -0.05) is 0 Å². The van der Waals surface area contributed by atoms with Crippen molar-refractivity contribution >= 4 is 21.6 Å². The maximum absolute atomic E-state index is 12.1. The minimum absolute atomic E-state index is 0.204. The summed E-state index contributed by atoms with van der Waals surface area (Å²) in [6.07, 6.45) is 5.62. The van der Waals surface area contributed by atoms with Gasteiger partial charge in [-0.25, -0.2) is 13.2 Å². The molecule has 1 aliphatic heterocycles. The predicted molar refractivity (Wildman–Crippen MR) is 89.4 cm³/mol. The van der Waals surface area contributed by atoms with Crippen LogP contribution in [0.2, 0.25) is 0 Å². The minimum Gasteiger partial charge on any atom is -0.378 e. The number of nitrogens with one attached hydrogen (secondary N) is 1. The van der Waals surface area contributed by atoms with E-state index in [9.17, 15) is 13.2 Å². The number of hydrogen-bond donors (Lipinski definition) is 1. The zero-order chi connectivity index (χ0) is 16.9. The van der Waals surface area contributed by atoms with Crippen molar-refractivity contribution in [2.75, 3.05) is 31.8 Å². The average Bonchev–Trinajstić information content (AvgIpc) is 3.00. The van der Waals surface area contributed by atoms with Gasteiger partial charge in [-0.2, -0.15) is 0 Å². The van der Waals surface area contributed by atoms with E-state index in [2.05, 4.69) is 5.32 Å². The number of urea groups is 1. The molecule has 23 heavy (non-hydrogen) atoms. The Morgan fingerprint density at radius 3 is 2.61 bits per heavy atom. The van der Waals surface area contributed by atoms with Crippen molar-refractivity contribution in [3.63, 3.8) is 0 Å². The molecule has 0 saturated carbocycles. The van der Waals surface area contributed by atoms with Crippen LogP contribution in [0.5, 0.6) is 0 Å². The van der Waals surface area contributed by atoms with Crippen LogP contribution >= 0.6 is 0 Å². The first-order valence-electron chi connectivity index (χ1n) is 7.80. The molecule has 1 aliphatic rings. The van der Waals surface area contributed by atoms with Crippen LogP contribution in [0.1, 0.15) is 25.7 Å². The number of sulfone groups is 1. The Bertz CT molecular complexity index is 622. The zero-order valence-electron chi connectivity index (χ0n) is 13.6. The molecule has 1 aromatic carbocycles. The summed E-state index contributed by atoms with van der Waals surface area (Å²) in [6.45, 7) is 1.51. The monoisotopic (exact) mass is 340 g/mol. The van der Waals surface area contributed by atoms with Gasteiger partial charge in [0.2, 0.25) is 0 Å². The molecule has 6 nitrogen and oxygen atoms in total. The normalized spacial score (nSPS) is 17.9. The fourth-order valence-electron chi connectivity index (χ4n) is 2.53. The Morgan fingerprint density at radius 1 is 1.35 bits per heavy atom. The lowest BCUT2D eigenvalue weighted by molar-refractivity contribution is 0.101. The Kier molecular flexibility index (Phi) is 6.01. The molecule has 1 fully saturated rings. The highest BCUT2D eigenvalue weighted by Gasteiger charge is 2.16. The van der Waals surface area contributed by atoms with Gasteiger partial charge in [0.1, 0.15) is 0 Å². The largest absolute Gasteiger partial charge is 0.378 e. The fraction of sp³-hybridized carbons (Fsp3) is 0.562. The molecule has 1 heterocycles. The van der Waals surface area contributed by atoms with E-state index in [-0.39, 0.29) is 10.9 Å². The summed E-state index contributed by atoms with van der Waals surface area (Å²) in [5, 5.41) is 2.76. The summed E-state index contributed by atoms with van der Waals surface area (Å²) in [5.74, 6) is 0. The number of hydrogen-bond acceptors (Lipinski definition) is 4. The highest BCUT2D eigenvalue weighted by atomic mass is 32.2. The number of rotatable bonds is 6. The third-order valence-electron chi connectivity index (χ3n) is 3.92. The van der Waals surface area contributed by atoms with E-state index in [1.165, 1.54) is 12.1 Å². The molecule has 0 unspecified atom stereocenters. The van der Waals surface area contributed by atoms with Gasteiger partial charge < -0.3 is 15.0 Å². The molecule has 1 saturated heterocycles. The molecule has 0 bridgehead atoms. The number of amides is 2. The first kappa shape index (κ1) is 17.7. The summed E-state index contributed by atoms with van der Waals surface area (Å²) in [4.78, 5) is 13.9. The van der Waals surface area contributed by atoms with E-state index in [0.29, 0.717) is 18.3 Å². The molecule has 0 aliphatic carbocycles. The first-order valence-corrected chi connectivity index (χ1v) is 9.69. The second kappa shape index (κ2) is 7.79. The number of carbonyl (C=O) groups excluding carboxylic acids is 1. The average molecular weight is 340 g/mol. The molecule has 128 valence electrons. The van der Waals surface area contributed by atoms with E-state index in [1.807, 2.05) is 0 Å². The van der Waals surface area contributed by atoms with Crippen LogP contribution in [0.25, 0.3) is 0 Å². The Balaban J connectivity index is 1.78. The van der Waals surface area contributed by atoms with Gasteiger partial charge in [0.05, 0.1) is 11.0 Å². The summed E-state index contributed by atoms with van der Waals surface area (Å²) in [5.41, 5.74) is 0.577. The van der Waals surface area contributed by atoms with E-state index in [1.54, 1.807) is 24.1 Å². The number of anilines is 1. The van der Waals surface area contributed by atoms with Crippen LogP contribution in [-0.2, 0) is 14.6 Å². The lowest BCUT2D eigenvalue weighted by Gasteiger charge is -2.19. The van der Waals surface area contributed by atoms with Gasteiger partial charge in [-0.15, -0.1) is 0 Å². The maximum Gasteiger partial charge on any atom is 0.321 e. The molecular formula is C16H24N2O4S. The summed E-state index contributed by atoms with van der Waals surface area (Å²) in [7, 11) is -1.47. The van der Waals surface area contributed by atoms with Gasteiger partial charge in [-0.3, -0.25) is 0 Å². The van der Waals surface area contributed by atoms with Crippen LogP contribution in [0.15, 0.2) is 29.2 Å². The van der Waals surface area contributed by atoms with Crippen molar-refractivity contribution in [3.8, 4) is 0 Å². The van der Waals surface area contributed by atoms with Crippen molar-refractivity contribution < 1.29 is 17.9 Å². The van der Waals surface area contributed by atoms with E-state index < -0.39 is 9.84 Å². The number of benzene rings is 1. The Morgan fingerprint density at radius 2 is 2.04 bits per heavy atom. The van der Waals surface area contributed by atoms with Crippen LogP contribution in [0, 0.1) is 0 Å². The molecule has 0 radical (unpaired) electrons. The zero-order valence-corrected chi connectivity index (χ0v) is 14.4. The first-order chi connectivity index (χ1) is 10.9. The van der Waals surface area contributed by atoms with Gasteiger partial charge in [0, 0.05) is 32.1 Å². The SMILES string of the molecule is CN(CCC[C@@H]1CCCO1)C(=O)Nc1ccc(S(C)(=O)=O)cc1. The molecule has 1 aromatic rings. The molecule has 2 amide bonds. The lowest BCUT2D eigenvalue weighted by atomic mass is 10.1. The second-order valence-corrected chi connectivity index (χ2v) is 7.94. The van der Waals surface area contributed by atoms with Gasteiger partial charge >= 0.3 is 6.03 Å². The molecule has 1 N–H and O–H groups in total. The molecule has 0 spiro atoms. The van der Waals surface area contributed by atoms with Crippen LogP contribution in [0.3, 0.4) is 0 Å². The standard InChI is InChI=1S/C16H24N2O4S/c1-18(11-3-5-14-6-4-12-22-14)16(19)17-13-7-9-15(10-8-13)23(2,20)21/h7-10,14H,3-6,11-12H2,1-2H3,(H,17,19)/t14-/m1/s1. The maximum atomic E-state index is 12.1. The van der Waals surface area contributed by atoms with Crippen LogP contribution in [0.4, 0.5) is 10.5 Å². The highest BCUT2D eigenvalue weighted by molar-refractivity contribution is 7.90. The van der Waals surface area contributed by atoms with Crippen molar-refractivity contribution in [3.05, 3.63) is 24.3 Å². The third-order valence-corrected chi connectivity index (χ3v) is 5.05. The van der Waals surface area contributed by atoms with Crippen molar-refractivity contribution in [1.29, 1.82) is 0 Å². The number of carbonyl (C=O) groups is 1. The molecule has 2 rings (SSSR count). The quantitative estimate of drug-likeness (QED) is 0.863. The van der Waals surface area contributed by atoms with E-state index >= 15 is 0 Å². The summed E-state index contributed by atoms with van der Waals surface area (Å²) >= 11 is 0. The molecule has 0 aromatic heterocycles. The predicted octanol–water partition coefficient (Wildman–Crippen LogP) is 2.51. The van der Waals surface area contributed by atoms with Crippen LogP contribution < -0.4 is 5.32 Å². The second-order valence-electron chi connectivity index (χ2n) is 5.93. The smallest absolute Gasteiger partial charge is 0.321 e. The molecule has 7 heteroatoms. The van der Waals surface area contributed by atoms with Gasteiger partial charge in [-0.05, 0) is 49.9 Å². The molecule has 1 atom stereocenters. The number of ether oxygens (including phenoxy) is 1. The summed E-state index contributed by atoms with van der Waals surface area (Å²) in [6, 6.07) is 5.96. The number of nitrogens with zero attached hydrogens (tertiary/aromatic N) is 1. The highest BCUT2D eigenvalue weighted by Crippen LogP contribution is 2.17. The van der Waals surface area contributed by atoms with E-state index in [0.717, 1.165) is 38.5 Å². The fourth-order valence-corrected chi connectivity index (χ4v) is 3.16.